The standard InChI is InChI=1S/C21H23N3O2/c25-21(22-15-19-14-16-6-2-3-7-20(16)26-19)23-17-8-10-18(11-9-17)24-12-4-1-5-13-24/h2-3,6-11,14H,1,4-5,12-13,15H2,(H2,22,23,25). The van der Waals surface area contributed by atoms with E-state index in [0.29, 0.717) is 6.54 Å². The molecule has 0 radical (unpaired) electrons. The Kier molecular flexibility index (Phi) is 4.78. The Morgan fingerprint density at radius 3 is 2.54 bits per heavy atom. The van der Waals surface area contributed by atoms with Crippen LogP contribution in [0.4, 0.5) is 16.2 Å². The Balaban J connectivity index is 1.31. The number of anilines is 2. The first-order chi connectivity index (χ1) is 12.8. The van der Waals surface area contributed by atoms with Crippen LogP contribution in [0.5, 0.6) is 0 Å². The van der Waals surface area contributed by atoms with Crippen LogP contribution in [0.2, 0.25) is 0 Å². The topological polar surface area (TPSA) is 57.5 Å². The number of hydrogen-bond acceptors (Lipinski definition) is 3. The van der Waals surface area contributed by atoms with E-state index in [1.807, 2.05) is 42.5 Å². The Bertz CT molecular complexity index is 847. The van der Waals surface area contributed by atoms with E-state index < -0.39 is 0 Å². The third-order valence-electron chi connectivity index (χ3n) is 4.75. The van der Waals surface area contributed by atoms with Crippen LogP contribution in [-0.4, -0.2) is 19.1 Å². The summed E-state index contributed by atoms with van der Waals surface area (Å²) in [7, 11) is 0. The fourth-order valence-electron chi connectivity index (χ4n) is 3.37. The lowest BCUT2D eigenvalue weighted by Crippen LogP contribution is -2.29. The zero-order valence-corrected chi connectivity index (χ0v) is 14.7. The maximum absolute atomic E-state index is 12.1. The van der Waals surface area contributed by atoms with E-state index in [-0.39, 0.29) is 6.03 Å². The molecule has 1 saturated heterocycles. The van der Waals surface area contributed by atoms with Crippen molar-refractivity contribution in [2.75, 3.05) is 23.3 Å². The number of urea groups is 1. The summed E-state index contributed by atoms with van der Waals surface area (Å²) in [5, 5.41) is 6.74. The monoisotopic (exact) mass is 349 g/mol. The number of benzene rings is 2. The molecule has 3 aromatic rings. The average molecular weight is 349 g/mol. The number of nitrogens with one attached hydrogen (secondary N) is 2. The number of piperidine rings is 1. The van der Waals surface area contributed by atoms with Gasteiger partial charge >= 0.3 is 6.03 Å². The minimum atomic E-state index is -0.240. The van der Waals surface area contributed by atoms with Crippen LogP contribution in [0.1, 0.15) is 25.0 Å². The second-order valence-corrected chi connectivity index (χ2v) is 6.65. The van der Waals surface area contributed by atoms with Crippen LogP contribution >= 0.6 is 0 Å². The van der Waals surface area contributed by atoms with E-state index in [1.54, 1.807) is 0 Å². The largest absolute Gasteiger partial charge is 0.459 e. The highest BCUT2D eigenvalue weighted by molar-refractivity contribution is 5.89. The van der Waals surface area contributed by atoms with Gasteiger partial charge in [0.2, 0.25) is 0 Å². The first-order valence-electron chi connectivity index (χ1n) is 9.15. The zero-order chi connectivity index (χ0) is 17.8. The Hall–Kier alpha value is -2.95. The molecule has 0 atom stereocenters. The van der Waals surface area contributed by atoms with E-state index in [0.717, 1.165) is 35.5 Å². The van der Waals surface area contributed by atoms with Crippen molar-refractivity contribution in [3.63, 3.8) is 0 Å². The van der Waals surface area contributed by atoms with Crippen LogP contribution in [0, 0.1) is 0 Å². The molecule has 134 valence electrons. The molecule has 0 bridgehead atoms. The van der Waals surface area contributed by atoms with Crippen molar-refractivity contribution < 1.29 is 9.21 Å². The molecule has 1 aliphatic rings. The van der Waals surface area contributed by atoms with Crippen LogP contribution in [0.3, 0.4) is 0 Å². The number of carbonyl (C=O) groups is 1. The lowest BCUT2D eigenvalue weighted by atomic mass is 10.1. The maximum atomic E-state index is 12.1. The summed E-state index contributed by atoms with van der Waals surface area (Å²) in [6.07, 6.45) is 3.83. The SMILES string of the molecule is O=C(NCc1cc2ccccc2o1)Nc1ccc(N2CCCCC2)cc1. The lowest BCUT2D eigenvalue weighted by molar-refractivity contribution is 0.251. The van der Waals surface area contributed by atoms with E-state index >= 15 is 0 Å². The van der Waals surface area contributed by atoms with Crippen molar-refractivity contribution in [3.8, 4) is 0 Å². The predicted octanol–water partition coefficient (Wildman–Crippen LogP) is 4.74. The number of rotatable bonds is 4. The van der Waals surface area contributed by atoms with Crippen molar-refractivity contribution in [2.45, 2.75) is 25.8 Å². The Morgan fingerprint density at radius 2 is 1.77 bits per heavy atom. The molecule has 0 saturated carbocycles. The van der Waals surface area contributed by atoms with Gasteiger partial charge in [0, 0.05) is 29.9 Å². The third kappa shape index (κ3) is 3.82. The van der Waals surface area contributed by atoms with E-state index in [2.05, 4.69) is 27.7 Å². The van der Waals surface area contributed by atoms with E-state index in [1.165, 1.54) is 24.9 Å². The van der Waals surface area contributed by atoms with Crippen LogP contribution < -0.4 is 15.5 Å². The van der Waals surface area contributed by atoms with Gasteiger partial charge in [-0.2, -0.15) is 0 Å². The van der Waals surface area contributed by atoms with Crippen LogP contribution in [0.15, 0.2) is 59.0 Å². The fourth-order valence-corrected chi connectivity index (χ4v) is 3.37. The summed E-state index contributed by atoms with van der Waals surface area (Å²) in [5.41, 5.74) is 2.84. The van der Waals surface area contributed by atoms with E-state index in [4.69, 9.17) is 4.42 Å². The van der Waals surface area contributed by atoms with Gasteiger partial charge in [-0.25, -0.2) is 4.79 Å². The number of fused-ring (bicyclic) bond motifs is 1. The van der Waals surface area contributed by atoms with Crippen LogP contribution in [0.25, 0.3) is 11.0 Å². The molecule has 5 heteroatoms. The third-order valence-corrected chi connectivity index (χ3v) is 4.75. The summed E-state index contributed by atoms with van der Waals surface area (Å²) in [6.45, 7) is 2.59. The van der Waals surface area contributed by atoms with Gasteiger partial charge in [0.05, 0.1) is 6.54 Å². The van der Waals surface area contributed by atoms with Crippen molar-refractivity contribution in [2.24, 2.45) is 0 Å². The van der Waals surface area contributed by atoms with Crippen LogP contribution in [-0.2, 0) is 6.54 Å². The van der Waals surface area contributed by atoms with Gasteiger partial charge in [0.1, 0.15) is 11.3 Å². The molecule has 1 aliphatic heterocycles. The molecule has 1 aromatic heterocycles. The number of para-hydroxylation sites is 1. The van der Waals surface area contributed by atoms with Crippen molar-refractivity contribution in [1.29, 1.82) is 0 Å². The molecular formula is C21H23N3O2. The van der Waals surface area contributed by atoms with Crippen molar-refractivity contribution >= 4 is 28.4 Å². The van der Waals surface area contributed by atoms with Gasteiger partial charge < -0.3 is 20.0 Å². The molecular weight excluding hydrogens is 326 g/mol. The number of hydrogen-bond donors (Lipinski definition) is 2. The smallest absolute Gasteiger partial charge is 0.319 e. The fraction of sp³-hybridized carbons (Fsp3) is 0.286. The number of furan rings is 1. The zero-order valence-electron chi connectivity index (χ0n) is 14.7. The number of amides is 2. The predicted molar refractivity (Wildman–Crippen MR) is 105 cm³/mol. The molecule has 2 aromatic carbocycles. The molecule has 2 heterocycles. The normalized spacial score (nSPS) is 14.4. The Morgan fingerprint density at radius 1 is 1.00 bits per heavy atom. The van der Waals surface area contributed by atoms with Gasteiger partial charge in [0.15, 0.2) is 0 Å². The summed E-state index contributed by atoms with van der Waals surface area (Å²) >= 11 is 0. The molecule has 4 rings (SSSR count). The quantitative estimate of drug-likeness (QED) is 0.715. The molecule has 1 fully saturated rings. The highest BCUT2D eigenvalue weighted by Gasteiger charge is 2.11. The van der Waals surface area contributed by atoms with Gasteiger partial charge in [0.25, 0.3) is 0 Å². The molecule has 2 N–H and O–H groups in total. The maximum Gasteiger partial charge on any atom is 0.319 e. The van der Waals surface area contributed by atoms with Gasteiger partial charge in [-0.1, -0.05) is 18.2 Å². The van der Waals surface area contributed by atoms with Gasteiger partial charge in [-0.15, -0.1) is 0 Å². The second-order valence-electron chi connectivity index (χ2n) is 6.65. The van der Waals surface area contributed by atoms with Gasteiger partial charge in [-0.05, 0) is 55.7 Å². The molecule has 2 amide bonds. The number of nitrogens with zero attached hydrogens (tertiary/aromatic N) is 1. The minimum absolute atomic E-state index is 0.240. The van der Waals surface area contributed by atoms with Gasteiger partial charge in [-0.3, -0.25) is 0 Å². The molecule has 26 heavy (non-hydrogen) atoms. The minimum Gasteiger partial charge on any atom is -0.459 e. The molecule has 0 spiro atoms. The molecule has 5 nitrogen and oxygen atoms in total. The summed E-state index contributed by atoms with van der Waals surface area (Å²) in [5.74, 6) is 0.738. The molecule has 0 aliphatic carbocycles. The highest BCUT2D eigenvalue weighted by atomic mass is 16.3. The summed E-state index contributed by atoms with van der Waals surface area (Å²) in [6, 6.07) is 17.6. The van der Waals surface area contributed by atoms with Crippen molar-refractivity contribution in [3.05, 3.63) is 60.4 Å². The summed E-state index contributed by atoms with van der Waals surface area (Å²) in [4.78, 5) is 14.5. The van der Waals surface area contributed by atoms with E-state index in [9.17, 15) is 4.79 Å². The second kappa shape index (κ2) is 7.52. The lowest BCUT2D eigenvalue weighted by Gasteiger charge is -2.28. The first kappa shape index (κ1) is 16.5. The highest BCUT2D eigenvalue weighted by Crippen LogP contribution is 2.22. The van der Waals surface area contributed by atoms with Crippen molar-refractivity contribution in [1.82, 2.24) is 5.32 Å². The molecule has 0 unspecified atom stereocenters. The average Bonchev–Trinajstić information content (AvgIpc) is 3.11. The Labute approximate surface area is 153 Å². The first-order valence-corrected chi connectivity index (χ1v) is 9.15. The summed E-state index contributed by atoms with van der Waals surface area (Å²) < 4.78 is 5.70. The number of carbonyl (C=O) groups excluding carboxylic acids is 1.